The zero-order valence-corrected chi connectivity index (χ0v) is 18.8. The Bertz CT molecular complexity index is 1230. The summed E-state index contributed by atoms with van der Waals surface area (Å²) < 4.78 is 33.0. The van der Waals surface area contributed by atoms with Gasteiger partial charge in [-0.25, -0.2) is 8.42 Å². The zero-order chi connectivity index (χ0) is 22.0. The fourth-order valence-corrected chi connectivity index (χ4v) is 5.27. The predicted molar refractivity (Wildman–Crippen MR) is 121 cm³/mol. The molecule has 6 nitrogen and oxygen atoms in total. The summed E-state index contributed by atoms with van der Waals surface area (Å²) in [5.41, 5.74) is 0. The molecule has 0 aliphatic carbocycles. The van der Waals surface area contributed by atoms with Crippen molar-refractivity contribution in [1.29, 1.82) is 0 Å². The normalized spacial score (nSPS) is 15.2. The van der Waals surface area contributed by atoms with Gasteiger partial charge in [0.05, 0.1) is 9.92 Å². The van der Waals surface area contributed by atoms with E-state index in [2.05, 4.69) is 0 Å². The van der Waals surface area contributed by atoms with Crippen molar-refractivity contribution in [3.05, 3.63) is 70.7 Å². The molecule has 1 amide bonds. The molecule has 4 rings (SSSR count). The van der Waals surface area contributed by atoms with Crippen LogP contribution in [-0.2, 0) is 14.8 Å². The van der Waals surface area contributed by atoms with Crippen LogP contribution in [0.5, 0.6) is 5.75 Å². The second kappa shape index (κ2) is 9.04. The number of ether oxygens (including phenoxy) is 1. The quantitative estimate of drug-likeness (QED) is 0.554. The number of carbonyl (C=O) groups is 1. The number of halogens is 2. The third-order valence-corrected chi connectivity index (χ3v) is 7.64. The highest BCUT2D eigenvalue weighted by atomic mass is 35.5. The van der Waals surface area contributed by atoms with Gasteiger partial charge in [-0.1, -0.05) is 53.5 Å². The molecule has 3 aromatic rings. The summed E-state index contributed by atoms with van der Waals surface area (Å²) in [4.78, 5) is 14.3. The number of benzene rings is 3. The third kappa shape index (κ3) is 4.80. The second-order valence-corrected chi connectivity index (χ2v) is 9.94. The molecule has 0 radical (unpaired) electrons. The average molecular weight is 479 g/mol. The van der Waals surface area contributed by atoms with Gasteiger partial charge in [0.25, 0.3) is 5.91 Å². The van der Waals surface area contributed by atoms with Gasteiger partial charge in [0.2, 0.25) is 10.0 Å². The molecule has 1 aliphatic rings. The summed E-state index contributed by atoms with van der Waals surface area (Å²) in [6.45, 7) is 0.825. The van der Waals surface area contributed by atoms with E-state index >= 15 is 0 Å². The van der Waals surface area contributed by atoms with E-state index in [1.165, 1.54) is 4.31 Å². The zero-order valence-electron chi connectivity index (χ0n) is 16.5. The van der Waals surface area contributed by atoms with Crippen LogP contribution in [-0.4, -0.2) is 56.3 Å². The summed E-state index contributed by atoms with van der Waals surface area (Å²) in [5, 5.41) is 2.67. The summed E-state index contributed by atoms with van der Waals surface area (Å²) >= 11 is 12.0. The maximum Gasteiger partial charge on any atom is 0.260 e. The van der Waals surface area contributed by atoms with E-state index < -0.39 is 10.0 Å². The molecule has 1 saturated heterocycles. The Balaban J connectivity index is 1.38. The lowest BCUT2D eigenvalue weighted by Crippen LogP contribution is -2.51. The molecular weight excluding hydrogens is 459 g/mol. The maximum atomic E-state index is 13.1. The second-order valence-electron chi connectivity index (χ2n) is 7.16. The van der Waals surface area contributed by atoms with E-state index in [4.69, 9.17) is 27.9 Å². The van der Waals surface area contributed by atoms with Crippen LogP contribution in [0.15, 0.2) is 65.6 Å². The van der Waals surface area contributed by atoms with Crippen LogP contribution in [0.25, 0.3) is 10.8 Å². The first-order chi connectivity index (χ1) is 14.8. The third-order valence-electron chi connectivity index (χ3n) is 5.19. The molecule has 31 heavy (non-hydrogen) atoms. The topological polar surface area (TPSA) is 66.9 Å². The van der Waals surface area contributed by atoms with Crippen molar-refractivity contribution in [2.45, 2.75) is 4.90 Å². The van der Waals surface area contributed by atoms with Gasteiger partial charge in [0.1, 0.15) is 5.75 Å². The van der Waals surface area contributed by atoms with Crippen molar-refractivity contribution in [2.75, 3.05) is 32.8 Å². The summed E-state index contributed by atoms with van der Waals surface area (Å²) in [6.07, 6.45) is 0. The summed E-state index contributed by atoms with van der Waals surface area (Å²) in [5.74, 6) is 0.0961. The number of amides is 1. The molecule has 0 N–H and O–H groups in total. The minimum absolute atomic E-state index is 0.197. The molecule has 162 valence electrons. The van der Waals surface area contributed by atoms with E-state index in [0.717, 1.165) is 10.8 Å². The Labute approximate surface area is 191 Å². The highest BCUT2D eigenvalue weighted by Gasteiger charge is 2.30. The first-order valence-electron chi connectivity index (χ1n) is 9.69. The molecule has 1 heterocycles. The molecule has 9 heteroatoms. The molecular formula is C22H20Cl2N2O4S. The van der Waals surface area contributed by atoms with Gasteiger partial charge in [-0.3, -0.25) is 4.79 Å². The van der Waals surface area contributed by atoms with Gasteiger partial charge in [0, 0.05) is 37.3 Å². The standard InChI is InChI=1S/C22H20Cl2N2O4S/c23-18-6-8-20(24)21(14-18)30-15-22(27)25-9-11-26(12-10-25)31(28,29)19-7-5-16-3-1-2-4-17(16)13-19/h1-8,13-14H,9-12,15H2. The Kier molecular flexibility index (Phi) is 6.39. The number of piperazine rings is 1. The fourth-order valence-electron chi connectivity index (χ4n) is 3.47. The molecule has 0 saturated carbocycles. The predicted octanol–water partition coefficient (Wildman–Crippen LogP) is 4.06. The average Bonchev–Trinajstić information content (AvgIpc) is 2.79. The number of fused-ring (bicyclic) bond motifs is 1. The van der Waals surface area contributed by atoms with E-state index in [-0.39, 0.29) is 43.6 Å². The Morgan fingerprint density at radius 2 is 1.61 bits per heavy atom. The van der Waals surface area contributed by atoms with Gasteiger partial charge in [-0.05, 0) is 35.0 Å². The van der Waals surface area contributed by atoms with Crippen LogP contribution in [0.4, 0.5) is 0 Å². The van der Waals surface area contributed by atoms with Crippen LogP contribution >= 0.6 is 23.2 Å². The van der Waals surface area contributed by atoms with Gasteiger partial charge < -0.3 is 9.64 Å². The van der Waals surface area contributed by atoms with E-state index in [1.807, 2.05) is 24.3 Å². The van der Waals surface area contributed by atoms with E-state index in [1.54, 1.807) is 41.3 Å². The van der Waals surface area contributed by atoms with Gasteiger partial charge in [-0.2, -0.15) is 4.31 Å². The largest absolute Gasteiger partial charge is 0.482 e. The summed E-state index contributed by atoms with van der Waals surface area (Å²) in [7, 11) is -3.64. The Hall–Kier alpha value is -2.32. The van der Waals surface area contributed by atoms with Gasteiger partial charge in [0.15, 0.2) is 6.61 Å². The van der Waals surface area contributed by atoms with Crippen LogP contribution in [0.3, 0.4) is 0 Å². The molecule has 0 unspecified atom stereocenters. The number of hydrogen-bond donors (Lipinski definition) is 0. The maximum absolute atomic E-state index is 13.1. The summed E-state index contributed by atoms with van der Waals surface area (Å²) in [6, 6.07) is 17.5. The molecule has 0 spiro atoms. The van der Waals surface area contributed by atoms with Crippen LogP contribution in [0.1, 0.15) is 0 Å². The number of carbonyl (C=O) groups excluding carboxylic acids is 1. The highest BCUT2D eigenvalue weighted by molar-refractivity contribution is 7.89. The molecule has 0 atom stereocenters. The lowest BCUT2D eigenvalue weighted by atomic mass is 10.1. The SMILES string of the molecule is O=C(COc1cc(Cl)ccc1Cl)N1CCN(S(=O)(=O)c2ccc3ccccc3c2)CC1. The number of hydrogen-bond acceptors (Lipinski definition) is 4. The van der Waals surface area contributed by atoms with Crippen molar-refractivity contribution >= 4 is 49.9 Å². The van der Waals surface area contributed by atoms with E-state index in [9.17, 15) is 13.2 Å². The van der Waals surface area contributed by atoms with Gasteiger partial charge in [-0.15, -0.1) is 0 Å². The lowest BCUT2D eigenvalue weighted by molar-refractivity contribution is -0.134. The van der Waals surface area contributed by atoms with Crippen molar-refractivity contribution in [2.24, 2.45) is 0 Å². The molecule has 0 aromatic heterocycles. The minimum atomic E-state index is -3.64. The minimum Gasteiger partial charge on any atom is -0.482 e. The number of sulfonamides is 1. The van der Waals surface area contributed by atoms with Crippen molar-refractivity contribution < 1.29 is 17.9 Å². The molecule has 3 aromatic carbocycles. The van der Waals surface area contributed by atoms with Crippen LogP contribution in [0.2, 0.25) is 10.0 Å². The first kappa shape index (κ1) is 21.9. The fraction of sp³-hybridized carbons (Fsp3) is 0.227. The van der Waals surface area contributed by atoms with Gasteiger partial charge >= 0.3 is 0 Å². The highest BCUT2D eigenvalue weighted by Crippen LogP contribution is 2.28. The lowest BCUT2D eigenvalue weighted by Gasteiger charge is -2.34. The molecule has 0 bridgehead atoms. The van der Waals surface area contributed by atoms with Crippen LogP contribution < -0.4 is 4.74 Å². The molecule has 1 fully saturated rings. The smallest absolute Gasteiger partial charge is 0.260 e. The van der Waals surface area contributed by atoms with Crippen LogP contribution in [0, 0.1) is 0 Å². The van der Waals surface area contributed by atoms with E-state index in [0.29, 0.717) is 15.8 Å². The monoisotopic (exact) mass is 478 g/mol. The van der Waals surface area contributed by atoms with Crippen molar-refractivity contribution in [3.8, 4) is 5.75 Å². The Morgan fingerprint density at radius 1 is 0.903 bits per heavy atom. The molecule has 1 aliphatic heterocycles. The number of rotatable bonds is 5. The first-order valence-corrected chi connectivity index (χ1v) is 11.9. The van der Waals surface area contributed by atoms with Crippen molar-refractivity contribution in [3.63, 3.8) is 0 Å². The number of nitrogens with zero attached hydrogens (tertiary/aromatic N) is 2. The Morgan fingerprint density at radius 3 is 2.35 bits per heavy atom. The van der Waals surface area contributed by atoms with Crippen molar-refractivity contribution in [1.82, 2.24) is 9.21 Å².